The van der Waals surface area contributed by atoms with Crippen molar-refractivity contribution in [2.45, 2.75) is 6.92 Å². The van der Waals surface area contributed by atoms with Gasteiger partial charge in [-0.25, -0.2) is 9.97 Å². The smallest absolute Gasteiger partial charge is 0.222 e. The number of hydrogen-bond acceptors (Lipinski definition) is 4. The molecule has 0 atom stereocenters. The lowest BCUT2D eigenvalue weighted by molar-refractivity contribution is -0.114. The summed E-state index contributed by atoms with van der Waals surface area (Å²) in [4.78, 5) is 19.6. The molecule has 5 heteroatoms. The number of nitrogen functional groups attached to an aromatic ring is 1. The summed E-state index contributed by atoms with van der Waals surface area (Å²) in [6.45, 7) is 1.41. The molecule has 21 heavy (non-hydrogen) atoms. The summed E-state index contributed by atoms with van der Waals surface area (Å²) in [6, 6.07) is 14.0. The zero-order valence-electron chi connectivity index (χ0n) is 11.5. The number of benzene rings is 2. The van der Waals surface area contributed by atoms with Gasteiger partial charge in [-0.1, -0.05) is 42.5 Å². The Morgan fingerprint density at radius 1 is 1.14 bits per heavy atom. The third-order valence-corrected chi connectivity index (χ3v) is 3.15. The minimum atomic E-state index is -0.207. The van der Waals surface area contributed by atoms with E-state index < -0.39 is 0 Å². The Bertz CT molecular complexity index is 824. The molecule has 1 heterocycles. The Balaban J connectivity index is 2.13. The average Bonchev–Trinajstić information content (AvgIpc) is 2.46. The second-order valence-electron chi connectivity index (χ2n) is 4.70. The summed E-state index contributed by atoms with van der Waals surface area (Å²) in [5.74, 6) is 0.434. The fourth-order valence-corrected chi connectivity index (χ4v) is 2.28. The van der Waals surface area contributed by atoms with Gasteiger partial charge in [-0.05, 0) is 10.8 Å². The van der Waals surface area contributed by atoms with Gasteiger partial charge in [-0.2, -0.15) is 0 Å². The fraction of sp³-hybridized carbons (Fsp3) is 0.0625. The Hall–Kier alpha value is -2.95. The first-order chi connectivity index (χ1) is 10.1. The topological polar surface area (TPSA) is 80.9 Å². The highest BCUT2D eigenvalue weighted by molar-refractivity contribution is 5.98. The van der Waals surface area contributed by atoms with E-state index >= 15 is 0 Å². The van der Waals surface area contributed by atoms with Crippen molar-refractivity contribution in [1.82, 2.24) is 9.97 Å². The molecule has 0 fully saturated rings. The number of nitrogens with one attached hydrogen (secondary N) is 1. The Morgan fingerprint density at radius 3 is 2.67 bits per heavy atom. The van der Waals surface area contributed by atoms with Crippen molar-refractivity contribution in [2.75, 3.05) is 11.1 Å². The van der Waals surface area contributed by atoms with Crippen molar-refractivity contribution in [3.63, 3.8) is 0 Å². The minimum Gasteiger partial charge on any atom is -0.382 e. The van der Waals surface area contributed by atoms with Crippen molar-refractivity contribution >= 4 is 28.3 Å². The van der Waals surface area contributed by atoms with E-state index in [1.54, 1.807) is 0 Å². The van der Waals surface area contributed by atoms with Crippen LogP contribution in [-0.4, -0.2) is 15.9 Å². The van der Waals surface area contributed by atoms with Gasteiger partial charge in [0.2, 0.25) is 5.91 Å². The molecule has 0 aliphatic rings. The van der Waals surface area contributed by atoms with E-state index in [1.807, 2.05) is 42.5 Å². The van der Waals surface area contributed by atoms with Crippen molar-refractivity contribution in [3.05, 3.63) is 48.7 Å². The lowest BCUT2D eigenvalue weighted by Gasteiger charge is -2.09. The van der Waals surface area contributed by atoms with Crippen LogP contribution in [0.1, 0.15) is 6.92 Å². The molecule has 0 unspecified atom stereocenters. The van der Waals surface area contributed by atoms with Crippen LogP contribution in [0.15, 0.2) is 48.7 Å². The van der Waals surface area contributed by atoms with Crippen LogP contribution < -0.4 is 11.1 Å². The zero-order valence-corrected chi connectivity index (χ0v) is 11.5. The summed E-state index contributed by atoms with van der Waals surface area (Å²) in [5.41, 5.74) is 7.53. The standard InChI is InChI=1S/C16H14N4O/c1-10(21)19-14-9-18-15(16(17)20-14)13-8-4-6-11-5-2-3-7-12(11)13/h2-9H,1H3,(H3,17,19,20,21). The molecule has 0 saturated carbocycles. The van der Waals surface area contributed by atoms with Gasteiger partial charge in [0, 0.05) is 12.5 Å². The maximum Gasteiger partial charge on any atom is 0.222 e. The van der Waals surface area contributed by atoms with E-state index in [-0.39, 0.29) is 11.7 Å². The Morgan fingerprint density at radius 2 is 1.90 bits per heavy atom. The maximum absolute atomic E-state index is 11.0. The number of fused-ring (bicyclic) bond motifs is 1. The maximum atomic E-state index is 11.0. The quantitative estimate of drug-likeness (QED) is 0.755. The fourth-order valence-electron chi connectivity index (χ4n) is 2.28. The summed E-state index contributed by atoms with van der Waals surface area (Å²) in [5, 5.41) is 4.75. The van der Waals surface area contributed by atoms with Gasteiger partial charge in [-0.15, -0.1) is 0 Å². The molecule has 0 saturated heterocycles. The van der Waals surface area contributed by atoms with Crippen LogP contribution in [0, 0.1) is 0 Å². The first-order valence-corrected chi connectivity index (χ1v) is 6.53. The molecule has 0 aliphatic carbocycles. The Kier molecular flexibility index (Phi) is 3.23. The highest BCUT2D eigenvalue weighted by Gasteiger charge is 2.10. The molecule has 0 radical (unpaired) electrons. The lowest BCUT2D eigenvalue weighted by Crippen LogP contribution is -2.09. The van der Waals surface area contributed by atoms with Crippen molar-refractivity contribution < 1.29 is 4.79 Å². The highest BCUT2D eigenvalue weighted by Crippen LogP contribution is 2.30. The van der Waals surface area contributed by atoms with Gasteiger partial charge < -0.3 is 11.1 Å². The van der Waals surface area contributed by atoms with Crippen LogP contribution in [0.5, 0.6) is 0 Å². The van der Waals surface area contributed by atoms with Gasteiger partial charge in [-0.3, -0.25) is 4.79 Å². The van der Waals surface area contributed by atoms with Crippen LogP contribution in [0.25, 0.3) is 22.0 Å². The molecule has 3 rings (SSSR count). The summed E-state index contributed by atoms with van der Waals surface area (Å²) in [6.07, 6.45) is 1.51. The molecule has 3 N–H and O–H groups in total. The van der Waals surface area contributed by atoms with Gasteiger partial charge in [0.15, 0.2) is 11.6 Å². The first-order valence-electron chi connectivity index (χ1n) is 6.53. The van der Waals surface area contributed by atoms with Gasteiger partial charge in [0.05, 0.1) is 6.20 Å². The summed E-state index contributed by atoms with van der Waals surface area (Å²) >= 11 is 0. The largest absolute Gasteiger partial charge is 0.382 e. The number of rotatable bonds is 2. The molecular formula is C16H14N4O. The molecule has 0 bridgehead atoms. The molecule has 2 aromatic carbocycles. The van der Waals surface area contributed by atoms with Crippen molar-refractivity contribution in [2.24, 2.45) is 0 Å². The number of hydrogen-bond donors (Lipinski definition) is 2. The van der Waals surface area contributed by atoms with Gasteiger partial charge in [0.25, 0.3) is 0 Å². The molecular weight excluding hydrogens is 264 g/mol. The number of nitrogens with zero attached hydrogens (tertiary/aromatic N) is 2. The number of aromatic nitrogens is 2. The van der Waals surface area contributed by atoms with E-state index in [0.29, 0.717) is 11.5 Å². The molecule has 3 aromatic rings. The second-order valence-corrected chi connectivity index (χ2v) is 4.70. The highest BCUT2D eigenvalue weighted by atomic mass is 16.1. The first kappa shape index (κ1) is 13.1. The predicted molar refractivity (Wildman–Crippen MR) is 83.7 cm³/mol. The number of nitrogens with two attached hydrogens (primary N) is 1. The van der Waals surface area contributed by atoms with E-state index in [4.69, 9.17) is 5.73 Å². The van der Waals surface area contributed by atoms with E-state index in [2.05, 4.69) is 15.3 Å². The van der Waals surface area contributed by atoms with E-state index in [1.165, 1.54) is 13.1 Å². The van der Waals surface area contributed by atoms with Crippen LogP contribution in [0.4, 0.5) is 11.6 Å². The van der Waals surface area contributed by atoms with Crippen LogP contribution in [-0.2, 0) is 4.79 Å². The third kappa shape index (κ3) is 2.53. The zero-order chi connectivity index (χ0) is 14.8. The normalized spacial score (nSPS) is 10.5. The molecule has 104 valence electrons. The second kappa shape index (κ2) is 5.20. The number of carbonyl (C=O) groups excluding carboxylic acids is 1. The Labute approximate surface area is 121 Å². The van der Waals surface area contributed by atoms with Crippen molar-refractivity contribution in [3.8, 4) is 11.3 Å². The van der Waals surface area contributed by atoms with Gasteiger partial charge in [0.1, 0.15) is 5.69 Å². The van der Waals surface area contributed by atoms with E-state index in [0.717, 1.165) is 16.3 Å². The van der Waals surface area contributed by atoms with Crippen LogP contribution >= 0.6 is 0 Å². The van der Waals surface area contributed by atoms with Gasteiger partial charge >= 0.3 is 0 Å². The van der Waals surface area contributed by atoms with Crippen LogP contribution in [0.3, 0.4) is 0 Å². The van der Waals surface area contributed by atoms with E-state index in [9.17, 15) is 4.79 Å². The van der Waals surface area contributed by atoms with Crippen LogP contribution in [0.2, 0.25) is 0 Å². The third-order valence-electron chi connectivity index (χ3n) is 3.15. The minimum absolute atomic E-state index is 0.207. The SMILES string of the molecule is CC(=O)Nc1cnc(-c2cccc3ccccc23)c(N)n1. The summed E-state index contributed by atoms with van der Waals surface area (Å²) in [7, 11) is 0. The molecule has 5 nitrogen and oxygen atoms in total. The molecule has 1 amide bonds. The molecule has 0 spiro atoms. The monoisotopic (exact) mass is 278 g/mol. The summed E-state index contributed by atoms with van der Waals surface area (Å²) < 4.78 is 0. The number of amides is 1. The average molecular weight is 278 g/mol. The lowest BCUT2D eigenvalue weighted by atomic mass is 10.0. The number of carbonyl (C=O) groups is 1. The van der Waals surface area contributed by atoms with Crippen molar-refractivity contribution in [1.29, 1.82) is 0 Å². The number of anilines is 2. The molecule has 0 aliphatic heterocycles. The molecule has 1 aromatic heterocycles. The predicted octanol–water partition coefficient (Wildman–Crippen LogP) is 2.84.